The largest absolute Gasteiger partial charge is 0.478 e. The number of aromatic carboxylic acids is 1. The van der Waals surface area contributed by atoms with Gasteiger partial charge in [0.2, 0.25) is 0 Å². The predicted molar refractivity (Wildman–Crippen MR) is 82.6 cm³/mol. The number of rotatable bonds is 9. The van der Waals surface area contributed by atoms with E-state index in [1.807, 2.05) is 11.8 Å². The molecule has 0 bridgehead atoms. The highest BCUT2D eigenvalue weighted by molar-refractivity contribution is 7.98. The molecule has 0 unspecified atom stereocenters. The topological polar surface area (TPSA) is 66.4 Å². The Bertz CT molecular complexity index is 431. The quantitative estimate of drug-likeness (QED) is 0.687. The van der Waals surface area contributed by atoms with E-state index in [1.54, 1.807) is 0 Å². The predicted octanol–water partition coefficient (Wildman–Crippen LogP) is 3.04. The van der Waals surface area contributed by atoms with Crippen molar-refractivity contribution in [1.82, 2.24) is 5.32 Å². The molecule has 0 aliphatic rings. The number of nitrogens with one attached hydrogen (secondary N) is 1. The van der Waals surface area contributed by atoms with Gasteiger partial charge in [0.15, 0.2) is 0 Å². The standard InChI is InChI=1S/C15H21NO3S/c1-20-11-5-3-2-4-10-16-14(17)12-6-8-13(9-7-12)15(18)19/h6-9H,2-5,10-11H2,1H3,(H,16,17)(H,18,19). The zero-order chi connectivity index (χ0) is 14.8. The van der Waals surface area contributed by atoms with Crippen molar-refractivity contribution in [1.29, 1.82) is 0 Å². The maximum Gasteiger partial charge on any atom is 0.335 e. The third-order valence-corrected chi connectivity index (χ3v) is 3.65. The molecular weight excluding hydrogens is 274 g/mol. The Morgan fingerprint density at radius 3 is 2.25 bits per heavy atom. The SMILES string of the molecule is CSCCCCCCNC(=O)c1ccc(C(=O)O)cc1. The van der Waals surface area contributed by atoms with Crippen LogP contribution in [0.25, 0.3) is 0 Å². The maximum atomic E-state index is 11.8. The van der Waals surface area contributed by atoms with Crippen LogP contribution in [-0.4, -0.2) is 35.5 Å². The molecule has 1 amide bonds. The van der Waals surface area contributed by atoms with E-state index in [0.717, 1.165) is 12.8 Å². The van der Waals surface area contributed by atoms with Crippen LogP contribution in [0.5, 0.6) is 0 Å². The number of hydrogen-bond acceptors (Lipinski definition) is 3. The first-order valence-electron chi connectivity index (χ1n) is 6.75. The highest BCUT2D eigenvalue weighted by atomic mass is 32.2. The molecule has 5 heteroatoms. The van der Waals surface area contributed by atoms with Gasteiger partial charge < -0.3 is 10.4 Å². The van der Waals surface area contributed by atoms with Crippen LogP contribution in [0.1, 0.15) is 46.4 Å². The second-order valence-corrected chi connectivity index (χ2v) is 5.53. The number of carboxylic acid groups (broad SMARTS) is 1. The molecule has 0 aromatic heterocycles. The molecule has 1 aromatic carbocycles. The van der Waals surface area contributed by atoms with Gasteiger partial charge in [-0.25, -0.2) is 4.79 Å². The van der Waals surface area contributed by atoms with E-state index in [0.29, 0.717) is 12.1 Å². The van der Waals surface area contributed by atoms with E-state index in [2.05, 4.69) is 11.6 Å². The summed E-state index contributed by atoms with van der Waals surface area (Å²) >= 11 is 1.86. The second kappa shape index (κ2) is 9.42. The second-order valence-electron chi connectivity index (χ2n) is 4.55. The van der Waals surface area contributed by atoms with Gasteiger partial charge in [0.1, 0.15) is 0 Å². The minimum absolute atomic E-state index is 0.147. The summed E-state index contributed by atoms with van der Waals surface area (Å²) in [6.45, 7) is 0.665. The number of benzene rings is 1. The Kier molecular flexibility index (Phi) is 7.80. The van der Waals surface area contributed by atoms with E-state index in [1.165, 1.54) is 42.9 Å². The lowest BCUT2D eigenvalue weighted by molar-refractivity contribution is 0.0696. The van der Waals surface area contributed by atoms with Crippen molar-refractivity contribution >= 4 is 23.6 Å². The maximum absolute atomic E-state index is 11.8. The summed E-state index contributed by atoms with van der Waals surface area (Å²) in [6.07, 6.45) is 6.64. The number of carbonyl (C=O) groups excluding carboxylic acids is 1. The van der Waals surface area contributed by atoms with Gasteiger partial charge in [-0.05, 0) is 49.1 Å². The van der Waals surface area contributed by atoms with Crippen LogP contribution in [0.2, 0.25) is 0 Å². The molecule has 0 aliphatic heterocycles. The Morgan fingerprint density at radius 1 is 1.05 bits per heavy atom. The molecular formula is C15H21NO3S. The van der Waals surface area contributed by atoms with Gasteiger partial charge in [-0.15, -0.1) is 0 Å². The summed E-state index contributed by atoms with van der Waals surface area (Å²) in [7, 11) is 0. The van der Waals surface area contributed by atoms with E-state index >= 15 is 0 Å². The lowest BCUT2D eigenvalue weighted by Gasteiger charge is -2.05. The average molecular weight is 295 g/mol. The average Bonchev–Trinajstić information content (AvgIpc) is 2.46. The Labute approximate surface area is 124 Å². The molecule has 0 fully saturated rings. The molecule has 0 atom stereocenters. The van der Waals surface area contributed by atoms with E-state index in [4.69, 9.17) is 5.11 Å². The number of thioether (sulfide) groups is 1. The van der Waals surface area contributed by atoms with Gasteiger partial charge >= 0.3 is 5.97 Å². The molecule has 20 heavy (non-hydrogen) atoms. The Morgan fingerprint density at radius 2 is 1.65 bits per heavy atom. The monoisotopic (exact) mass is 295 g/mol. The lowest BCUT2D eigenvalue weighted by Crippen LogP contribution is -2.24. The number of amides is 1. The molecule has 0 radical (unpaired) electrons. The molecule has 2 N–H and O–H groups in total. The zero-order valence-electron chi connectivity index (χ0n) is 11.7. The Hall–Kier alpha value is -1.49. The number of hydrogen-bond donors (Lipinski definition) is 2. The fourth-order valence-corrected chi connectivity index (χ4v) is 2.29. The smallest absolute Gasteiger partial charge is 0.335 e. The summed E-state index contributed by atoms with van der Waals surface area (Å²) in [5, 5.41) is 11.6. The number of carbonyl (C=O) groups is 2. The molecule has 1 rings (SSSR count). The first-order valence-corrected chi connectivity index (χ1v) is 8.15. The van der Waals surface area contributed by atoms with Gasteiger partial charge in [0.05, 0.1) is 5.56 Å². The van der Waals surface area contributed by atoms with Crippen molar-refractivity contribution < 1.29 is 14.7 Å². The summed E-state index contributed by atoms with van der Waals surface area (Å²) in [5.74, 6) is 0.0655. The van der Waals surface area contributed by atoms with Crippen molar-refractivity contribution in [2.45, 2.75) is 25.7 Å². The van der Waals surface area contributed by atoms with Crippen LogP contribution in [0.4, 0.5) is 0 Å². The van der Waals surface area contributed by atoms with Crippen molar-refractivity contribution in [2.75, 3.05) is 18.6 Å². The fourth-order valence-electron chi connectivity index (χ4n) is 1.79. The van der Waals surface area contributed by atoms with Crippen LogP contribution < -0.4 is 5.32 Å². The summed E-state index contributed by atoms with van der Waals surface area (Å²) in [6, 6.07) is 5.97. The highest BCUT2D eigenvalue weighted by Gasteiger charge is 2.06. The Balaban J connectivity index is 2.24. The first kappa shape index (κ1) is 16.6. The first-order chi connectivity index (χ1) is 9.65. The molecule has 0 saturated carbocycles. The molecule has 4 nitrogen and oxygen atoms in total. The minimum Gasteiger partial charge on any atom is -0.478 e. The van der Waals surface area contributed by atoms with Crippen LogP contribution in [0.3, 0.4) is 0 Å². The van der Waals surface area contributed by atoms with Crippen molar-refractivity contribution in [2.24, 2.45) is 0 Å². The van der Waals surface area contributed by atoms with Crippen LogP contribution in [-0.2, 0) is 0 Å². The minimum atomic E-state index is -0.984. The van der Waals surface area contributed by atoms with Crippen LogP contribution >= 0.6 is 11.8 Å². The third-order valence-electron chi connectivity index (χ3n) is 2.95. The molecule has 0 heterocycles. The van der Waals surface area contributed by atoms with Crippen molar-refractivity contribution in [3.05, 3.63) is 35.4 Å². The third kappa shape index (κ3) is 6.10. The van der Waals surface area contributed by atoms with Gasteiger partial charge in [0, 0.05) is 12.1 Å². The fraction of sp³-hybridized carbons (Fsp3) is 0.467. The van der Waals surface area contributed by atoms with Crippen LogP contribution in [0, 0.1) is 0 Å². The highest BCUT2D eigenvalue weighted by Crippen LogP contribution is 2.06. The lowest BCUT2D eigenvalue weighted by atomic mass is 10.1. The van der Waals surface area contributed by atoms with Gasteiger partial charge in [-0.1, -0.05) is 12.8 Å². The number of carboxylic acids is 1. The number of unbranched alkanes of at least 4 members (excludes halogenated alkanes) is 3. The summed E-state index contributed by atoms with van der Waals surface area (Å²) in [4.78, 5) is 22.5. The summed E-state index contributed by atoms with van der Waals surface area (Å²) < 4.78 is 0. The van der Waals surface area contributed by atoms with Crippen molar-refractivity contribution in [3.8, 4) is 0 Å². The van der Waals surface area contributed by atoms with E-state index < -0.39 is 5.97 Å². The molecule has 0 spiro atoms. The van der Waals surface area contributed by atoms with Gasteiger partial charge in [0.25, 0.3) is 5.91 Å². The van der Waals surface area contributed by atoms with Crippen molar-refractivity contribution in [3.63, 3.8) is 0 Å². The molecule has 0 saturated heterocycles. The molecule has 0 aliphatic carbocycles. The zero-order valence-corrected chi connectivity index (χ0v) is 12.5. The van der Waals surface area contributed by atoms with Gasteiger partial charge in [-0.3, -0.25) is 4.79 Å². The summed E-state index contributed by atoms with van der Waals surface area (Å²) in [5.41, 5.74) is 0.688. The van der Waals surface area contributed by atoms with Crippen LogP contribution in [0.15, 0.2) is 24.3 Å². The normalized spacial score (nSPS) is 10.2. The van der Waals surface area contributed by atoms with E-state index in [9.17, 15) is 9.59 Å². The molecule has 1 aromatic rings. The molecule has 110 valence electrons. The van der Waals surface area contributed by atoms with Gasteiger partial charge in [-0.2, -0.15) is 11.8 Å². The van der Waals surface area contributed by atoms with E-state index in [-0.39, 0.29) is 11.5 Å².